The van der Waals surface area contributed by atoms with E-state index in [1.165, 1.54) is 51.0 Å². The molecule has 1 aromatic carbocycles. The van der Waals surface area contributed by atoms with Gasteiger partial charge >= 0.3 is 5.97 Å². The number of carbonyl (C=O) groups excluding carboxylic acids is 1. The van der Waals surface area contributed by atoms with Crippen molar-refractivity contribution in [3.8, 4) is 5.75 Å². The van der Waals surface area contributed by atoms with Gasteiger partial charge in [-0.15, -0.1) is 0 Å². The Kier molecular flexibility index (Phi) is 7.24. The minimum atomic E-state index is -0.263. The lowest BCUT2D eigenvalue weighted by Gasteiger charge is -2.17. The molecule has 2 nitrogen and oxygen atoms in total. The summed E-state index contributed by atoms with van der Waals surface area (Å²) in [4.78, 5) is 10.9. The molecular weight excluding hydrogens is 236 g/mol. The number of ether oxygens (including phenoxy) is 1. The summed E-state index contributed by atoms with van der Waals surface area (Å²) < 4.78 is 5.07. The number of esters is 1. The standard InChI is InChI=1S/C17H26O2/c1-4-6-7-9-15(8-5-2)16-10-12-17(13-11-16)19-14(3)18/h10-13,15H,4-9H2,1-3H3. The zero-order valence-corrected chi connectivity index (χ0v) is 12.4. The summed E-state index contributed by atoms with van der Waals surface area (Å²) in [7, 11) is 0. The fourth-order valence-electron chi connectivity index (χ4n) is 2.44. The molecule has 0 bridgehead atoms. The molecule has 0 fully saturated rings. The molecule has 0 radical (unpaired) electrons. The highest BCUT2D eigenvalue weighted by atomic mass is 16.5. The second-order valence-electron chi connectivity index (χ2n) is 5.14. The molecule has 2 heteroatoms. The molecule has 0 spiro atoms. The van der Waals surface area contributed by atoms with Crippen molar-refractivity contribution in [2.75, 3.05) is 0 Å². The van der Waals surface area contributed by atoms with Gasteiger partial charge in [0.2, 0.25) is 0 Å². The highest BCUT2D eigenvalue weighted by Crippen LogP contribution is 2.28. The van der Waals surface area contributed by atoms with Crippen LogP contribution in [0.15, 0.2) is 24.3 Å². The first-order chi connectivity index (χ1) is 9.17. The van der Waals surface area contributed by atoms with E-state index < -0.39 is 0 Å². The molecule has 0 saturated heterocycles. The van der Waals surface area contributed by atoms with E-state index in [4.69, 9.17) is 4.74 Å². The Bertz CT molecular complexity index is 367. The smallest absolute Gasteiger partial charge is 0.308 e. The molecule has 0 heterocycles. The normalized spacial score (nSPS) is 12.2. The summed E-state index contributed by atoms with van der Waals surface area (Å²) in [6.07, 6.45) is 7.58. The second-order valence-corrected chi connectivity index (χ2v) is 5.14. The lowest BCUT2D eigenvalue weighted by molar-refractivity contribution is -0.131. The van der Waals surface area contributed by atoms with Gasteiger partial charge in [-0.05, 0) is 36.5 Å². The molecule has 0 aliphatic carbocycles. The second kappa shape index (κ2) is 8.73. The SMILES string of the molecule is CCCCCC(CCC)c1ccc(OC(C)=O)cc1. The van der Waals surface area contributed by atoms with Crippen LogP contribution >= 0.6 is 0 Å². The minimum Gasteiger partial charge on any atom is -0.427 e. The summed E-state index contributed by atoms with van der Waals surface area (Å²) in [6, 6.07) is 8.01. The molecule has 0 amide bonds. The Morgan fingerprint density at radius 1 is 1.05 bits per heavy atom. The largest absolute Gasteiger partial charge is 0.427 e. The Hall–Kier alpha value is -1.31. The van der Waals surface area contributed by atoms with E-state index in [9.17, 15) is 4.79 Å². The van der Waals surface area contributed by atoms with Gasteiger partial charge < -0.3 is 4.74 Å². The zero-order valence-electron chi connectivity index (χ0n) is 12.4. The van der Waals surface area contributed by atoms with Crippen LogP contribution in [0.4, 0.5) is 0 Å². The van der Waals surface area contributed by atoms with Crippen molar-refractivity contribution < 1.29 is 9.53 Å². The Morgan fingerprint density at radius 3 is 2.26 bits per heavy atom. The average Bonchev–Trinajstić information content (AvgIpc) is 2.38. The van der Waals surface area contributed by atoms with Crippen LogP contribution in [0.2, 0.25) is 0 Å². The predicted molar refractivity (Wildman–Crippen MR) is 79.5 cm³/mol. The van der Waals surface area contributed by atoms with Gasteiger partial charge in [-0.2, -0.15) is 0 Å². The van der Waals surface area contributed by atoms with Crippen molar-refractivity contribution >= 4 is 5.97 Å². The fraction of sp³-hybridized carbons (Fsp3) is 0.588. The quantitative estimate of drug-likeness (QED) is 0.371. The van der Waals surface area contributed by atoms with Crippen molar-refractivity contribution in [1.29, 1.82) is 0 Å². The molecule has 1 aromatic rings. The van der Waals surface area contributed by atoms with Crippen molar-refractivity contribution in [3.05, 3.63) is 29.8 Å². The van der Waals surface area contributed by atoms with Crippen LogP contribution in [0.5, 0.6) is 5.75 Å². The number of rotatable bonds is 8. The molecule has 0 aliphatic heterocycles. The molecule has 0 saturated carbocycles. The molecule has 1 rings (SSSR count). The van der Waals surface area contributed by atoms with E-state index in [0.717, 1.165) is 0 Å². The van der Waals surface area contributed by atoms with Gasteiger partial charge in [0.05, 0.1) is 0 Å². The highest BCUT2D eigenvalue weighted by molar-refractivity contribution is 5.69. The lowest BCUT2D eigenvalue weighted by atomic mass is 9.89. The number of benzene rings is 1. The summed E-state index contributed by atoms with van der Waals surface area (Å²) in [6.45, 7) is 5.90. The van der Waals surface area contributed by atoms with E-state index in [2.05, 4.69) is 26.0 Å². The molecule has 106 valence electrons. The summed E-state index contributed by atoms with van der Waals surface area (Å²) >= 11 is 0. The first-order valence-electron chi connectivity index (χ1n) is 7.45. The number of unbranched alkanes of at least 4 members (excludes halogenated alkanes) is 2. The van der Waals surface area contributed by atoms with Gasteiger partial charge in [0.1, 0.15) is 5.75 Å². The van der Waals surface area contributed by atoms with E-state index in [1.807, 2.05) is 12.1 Å². The van der Waals surface area contributed by atoms with E-state index >= 15 is 0 Å². The van der Waals surface area contributed by atoms with Gasteiger partial charge in [0.25, 0.3) is 0 Å². The Morgan fingerprint density at radius 2 is 1.74 bits per heavy atom. The number of carbonyl (C=O) groups is 1. The van der Waals surface area contributed by atoms with Crippen LogP contribution in [-0.4, -0.2) is 5.97 Å². The maximum atomic E-state index is 10.9. The van der Waals surface area contributed by atoms with Gasteiger partial charge in [0.15, 0.2) is 0 Å². The van der Waals surface area contributed by atoms with Crippen molar-refractivity contribution in [2.24, 2.45) is 0 Å². The molecule has 0 aliphatic rings. The van der Waals surface area contributed by atoms with Crippen LogP contribution in [0, 0.1) is 0 Å². The molecule has 1 atom stereocenters. The van der Waals surface area contributed by atoms with Crippen LogP contribution < -0.4 is 4.74 Å². The van der Waals surface area contributed by atoms with Crippen LogP contribution in [0.3, 0.4) is 0 Å². The van der Waals surface area contributed by atoms with Crippen LogP contribution in [0.25, 0.3) is 0 Å². The Balaban J connectivity index is 2.64. The third kappa shape index (κ3) is 5.91. The first kappa shape index (κ1) is 15.7. The maximum Gasteiger partial charge on any atom is 0.308 e. The molecular formula is C17H26O2. The van der Waals surface area contributed by atoms with Crippen LogP contribution in [0.1, 0.15) is 70.8 Å². The van der Waals surface area contributed by atoms with Gasteiger partial charge in [0, 0.05) is 6.92 Å². The lowest BCUT2D eigenvalue weighted by Crippen LogP contribution is -2.02. The monoisotopic (exact) mass is 262 g/mol. The van der Waals surface area contributed by atoms with Crippen molar-refractivity contribution in [1.82, 2.24) is 0 Å². The first-order valence-corrected chi connectivity index (χ1v) is 7.45. The minimum absolute atomic E-state index is 0.263. The Labute approximate surface area is 117 Å². The average molecular weight is 262 g/mol. The number of hydrogen-bond acceptors (Lipinski definition) is 2. The highest BCUT2D eigenvalue weighted by Gasteiger charge is 2.10. The van der Waals surface area contributed by atoms with Crippen molar-refractivity contribution in [2.45, 2.75) is 65.2 Å². The molecule has 19 heavy (non-hydrogen) atoms. The summed E-state index contributed by atoms with van der Waals surface area (Å²) in [5, 5.41) is 0. The van der Waals surface area contributed by atoms with Gasteiger partial charge in [-0.1, -0.05) is 51.7 Å². The van der Waals surface area contributed by atoms with Crippen molar-refractivity contribution in [3.63, 3.8) is 0 Å². The summed E-state index contributed by atoms with van der Waals surface area (Å²) in [5.41, 5.74) is 1.37. The topological polar surface area (TPSA) is 26.3 Å². The third-order valence-electron chi connectivity index (χ3n) is 3.41. The van der Waals surface area contributed by atoms with Gasteiger partial charge in [-0.25, -0.2) is 0 Å². The van der Waals surface area contributed by atoms with Crippen LogP contribution in [-0.2, 0) is 4.79 Å². The molecule has 0 aromatic heterocycles. The number of hydrogen-bond donors (Lipinski definition) is 0. The molecule has 1 unspecified atom stereocenters. The summed E-state index contributed by atoms with van der Waals surface area (Å²) in [5.74, 6) is 1.02. The van der Waals surface area contributed by atoms with Gasteiger partial charge in [-0.3, -0.25) is 4.79 Å². The molecule has 0 N–H and O–H groups in total. The van der Waals surface area contributed by atoms with E-state index in [0.29, 0.717) is 11.7 Å². The maximum absolute atomic E-state index is 10.9. The fourth-order valence-corrected chi connectivity index (χ4v) is 2.44. The predicted octanol–water partition coefficient (Wildman–Crippen LogP) is 5.08. The zero-order chi connectivity index (χ0) is 14.1. The van der Waals surface area contributed by atoms with E-state index in [-0.39, 0.29) is 5.97 Å². The third-order valence-corrected chi connectivity index (χ3v) is 3.41. The van der Waals surface area contributed by atoms with E-state index in [1.54, 1.807) is 0 Å².